The van der Waals surface area contributed by atoms with Gasteiger partial charge in [0.1, 0.15) is 16.8 Å². The van der Waals surface area contributed by atoms with Gasteiger partial charge in [0.05, 0.1) is 12.6 Å². The fourth-order valence-electron chi connectivity index (χ4n) is 3.09. The lowest BCUT2D eigenvalue weighted by molar-refractivity contribution is -0.116. The number of fused-ring (bicyclic) bond motifs is 1. The zero-order valence-electron chi connectivity index (χ0n) is 15.6. The number of carbonyl (C=O) groups excluding carboxylic acids is 1. The zero-order valence-corrected chi connectivity index (χ0v) is 16.4. The van der Waals surface area contributed by atoms with E-state index in [4.69, 9.17) is 4.74 Å². The number of aromatic nitrogens is 3. The number of thioether (sulfide) groups is 1. The van der Waals surface area contributed by atoms with Gasteiger partial charge in [0.25, 0.3) is 0 Å². The Kier molecular flexibility index (Phi) is 5.21. The summed E-state index contributed by atoms with van der Waals surface area (Å²) in [4.78, 5) is 13.1. The van der Waals surface area contributed by atoms with Crippen LogP contribution in [-0.4, -0.2) is 32.6 Å². The van der Waals surface area contributed by atoms with Crippen LogP contribution < -0.4 is 15.5 Å². The fourth-order valence-corrected chi connectivity index (χ4v) is 4.21. The second-order valence-corrected chi connectivity index (χ2v) is 7.48. The van der Waals surface area contributed by atoms with E-state index in [2.05, 4.69) is 20.9 Å². The molecular formula is C20H21N5O2S. The Morgan fingerprint density at radius 1 is 1.18 bits per heavy atom. The summed E-state index contributed by atoms with van der Waals surface area (Å²) in [5.74, 6) is 1.44. The SMILES string of the molecule is CCOc1ccc(NC(=O)C2Sc3nnc(C)n3NC2c2ccccc2)cc1. The number of nitrogens with zero attached hydrogens (tertiary/aromatic N) is 3. The van der Waals surface area contributed by atoms with Crippen LogP contribution in [0, 0.1) is 6.92 Å². The van der Waals surface area contributed by atoms with Crippen LogP contribution in [0.25, 0.3) is 0 Å². The van der Waals surface area contributed by atoms with Crippen LogP contribution in [0.2, 0.25) is 0 Å². The minimum Gasteiger partial charge on any atom is -0.494 e. The molecule has 4 rings (SSSR count). The van der Waals surface area contributed by atoms with Crippen LogP contribution in [-0.2, 0) is 4.79 Å². The number of benzene rings is 2. The van der Waals surface area contributed by atoms with Gasteiger partial charge in [-0.1, -0.05) is 42.1 Å². The second-order valence-electron chi connectivity index (χ2n) is 6.37. The summed E-state index contributed by atoms with van der Waals surface area (Å²) in [7, 11) is 0. The Morgan fingerprint density at radius 2 is 1.93 bits per heavy atom. The quantitative estimate of drug-likeness (QED) is 0.689. The van der Waals surface area contributed by atoms with E-state index >= 15 is 0 Å². The van der Waals surface area contributed by atoms with E-state index in [1.807, 2.05) is 73.1 Å². The number of anilines is 1. The molecule has 0 aliphatic carbocycles. The van der Waals surface area contributed by atoms with Crippen molar-refractivity contribution < 1.29 is 9.53 Å². The molecule has 0 fully saturated rings. The van der Waals surface area contributed by atoms with E-state index in [1.165, 1.54) is 11.8 Å². The minimum absolute atomic E-state index is 0.0950. The molecule has 2 unspecified atom stereocenters. The number of carbonyl (C=O) groups is 1. The smallest absolute Gasteiger partial charge is 0.240 e. The van der Waals surface area contributed by atoms with Crippen molar-refractivity contribution in [2.24, 2.45) is 0 Å². The molecular weight excluding hydrogens is 374 g/mol. The molecule has 8 heteroatoms. The molecule has 0 spiro atoms. The van der Waals surface area contributed by atoms with E-state index in [9.17, 15) is 4.79 Å². The summed E-state index contributed by atoms with van der Waals surface area (Å²) in [5.41, 5.74) is 5.15. The maximum atomic E-state index is 13.1. The van der Waals surface area contributed by atoms with Gasteiger partial charge in [-0.2, -0.15) is 0 Å². The van der Waals surface area contributed by atoms with Gasteiger partial charge in [0, 0.05) is 5.69 Å². The van der Waals surface area contributed by atoms with Crippen molar-refractivity contribution in [2.45, 2.75) is 30.3 Å². The first-order chi connectivity index (χ1) is 13.7. The topological polar surface area (TPSA) is 81.1 Å². The average molecular weight is 395 g/mol. The summed E-state index contributed by atoms with van der Waals surface area (Å²) >= 11 is 1.41. The van der Waals surface area contributed by atoms with Crippen LogP contribution in [0.3, 0.4) is 0 Å². The predicted molar refractivity (Wildman–Crippen MR) is 109 cm³/mol. The molecule has 2 atom stereocenters. The molecule has 1 aliphatic heterocycles. The van der Waals surface area contributed by atoms with E-state index in [0.717, 1.165) is 22.8 Å². The summed E-state index contributed by atoms with van der Waals surface area (Å²) in [6.07, 6.45) is 0. The standard InChI is InChI=1S/C20H21N5O2S/c1-3-27-16-11-9-15(10-12-16)21-19(26)18-17(14-7-5-4-6-8-14)24-25-13(2)22-23-20(25)28-18/h4-12,17-18,24H,3H2,1-2H3,(H,21,26). The van der Waals surface area contributed by atoms with Gasteiger partial charge < -0.3 is 15.5 Å². The van der Waals surface area contributed by atoms with Crippen molar-refractivity contribution in [3.63, 3.8) is 0 Å². The van der Waals surface area contributed by atoms with E-state index in [1.54, 1.807) is 0 Å². The molecule has 2 heterocycles. The first kappa shape index (κ1) is 18.4. The molecule has 2 aromatic carbocycles. The number of hydrogen-bond donors (Lipinski definition) is 2. The summed E-state index contributed by atoms with van der Waals surface area (Å²) in [5, 5.41) is 11.6. The predicted octanol–water partition coefficient (Wildman–Crippen LogP) is 3.38. The maximum Gasteiger partial charge on any atom is 0.240 e. The minimum atomic E-state index is -0.398. The summed E-state index contributed by atoms with van der Waals surface area (Å²) in [6, 6.07) is 17.1. The average Bonchev–Trinajstić information content (AvgIpc) is 3.09. The Bertz CT molecular complexity index is 958. The molecule has 3 aromatic rings. The number of amides is 1. The summed E-state index contributed by atoms with van der Waals surface area (Å²) in [6.45, 7) is 4.43. The van der Waals surface area contributed by atoms with Crippen molar-refractivity contribution in [1.29, 1.82) is 0 Å². The lowest BCUT2D eigenvalue weighted by Gasteiger charge is -2.32. The van der Waals surface area contributed by atoms with Gasteiger partial charge in [0.2, 0.25) is 11.1 Å². The highest BCUT2D eigenvalue weighted by Crippen LogP contribution is 2.37. The number of hydrogen-bond acceptors (Lipinski definition) is 6. The van der Waals surface area contributed by atoms with Crippen LogP contribution >= 0.6 is 11.8 Å². The number of aryl methyl sites for hydroxylation is 1. The molecule has 7 nitrogen and oxygen atoms in total. The molecule has 0 bridgehead atoms. The first-order valence-electron chi connectivity index (χ1n) is 9.09. The van der Waals surface area contributed by atoms with E-state index in [0.29, 0.717) is 11.8 Å². The van der Waals surface area contributed by atoms with Crippen LogP contribution in [0.15, 0.2) is 59.8 Å². The van der Waals surface area contributed by atoms with Crippen LogP contribution in [0.5, 0.6) is 5.75 Å². The van der Waals surface area contributed by atoms with Crippen molar-refractivity contribution >= 4 is 23.4 Å². The lowest BCUT2D eigenvalue weighted by atomic mass is 10.0. The van der Waals surface area contributed by atoms with E-state index in [-0.39, 0.29) is 11.9 Å². The number of rotatable bonds is 5. The van der Waals surface area contributed by atoms with Crippen LogP contribution in [0.4, 0.5) is 5.69 Å². The molecule has 28 heavy (non-hydrogen) atoms. The Morgan fingerprint density at radius 3 is 2.64 bits per heavy atom. The third-order valence-corrected chi connectivity index (χ3v) is 5.66. The Labute approximate surface area is 167 Å². The largest absolute Gasteiger partial charge is 0.494 e. The fraction of sp³-hybridized carbons (Fsp3) is 0.250. The Hall–Kier alpha value is -3.00. The van der Waals surface area contributed by atoms with Gasteiger partial charge in [0.15, 0.2) is 0 Å². The molecule has 0 radical (unpaired) electrons. The maximum absolute atomic E-state index is 13.1. The molecule has 0 saturated heterocycles. The molecule has 144 valence electrons. The molecule has 2 N–H and O–H groups in total. The lowest BCUT2D eigenvalue weighted by Crippen LogP contribution is -2.41. The van der Waals surface area contributed by atoms with Crippen molar-refractivity contribution in [3.8, 4) is 5.75 Å². The third kappa shape index (κ3) is 3.68. The molecule has 1 amide bonds. The highest BCUT2D eigenvalue weighted by molar-refractivity contribution is 8.00. The third-order valence-electron chi connectivity index (χ3n) is 4.45. The first-order valence-corrected chi connectivity index (χ1v) is 9.97. The molecule has 1 aromatic heterocycles. The van der Waals surface area contributed by atoms with Gasteiger partial charge in [-0.15, -0.1) is 10.2 Å². The normalized spacial score (nSPS) is 18.1. The van der Waals surface area contributed by atoms with E-state index < -0.39 is 5.25 Å². The van der Waals surface area contributed by atoms with Crippen molar-refractivity contribution in [2.75, 3.05) is 17.3 Å². The Balaban J connectivity index is 1.58. The van der Waals surface area contributed by atoms with Gasteiger partial charge in [-0.25, -0.2) is 4.68 Å². The van der Waals surface area contributed by atoms with Gasteiger partial charge >= 0.3 is 0 Å². The monoisotopic (exact) mass is 395 g/mol. The number of ether oxygens (including phenoxy) is 1. The highest BCUT2D eigenvalue weighted by Gasteiger charge is 2.37. The molecule has 1 aliphatic rings. The van der Waals surface area contributed by atoms with Crippen molar-refractivity contribution in [1.82, 2.24) is 14.9 Å². The molecule has 0 saturated carbocycles. The van der Waals surface area contributed by atoms with Gasteiger partial charge in [-0.3, -0.25) is 4.79 Å². The van der Waals surface area contributed by atoms with Gasteiger partial charge in [-0.05, 0) is 43.7 Å². The highest BCUT2D eigenvalue weighted by atomic mass is 32.2. The zero-order chi connectivity index (χ0) is 19.5. The number of nitrogens with one attached hydrogen (secondary N) is 2. The second kappa shape index (κ2) is 7.93. The van der Waals surface area contributed by atoms with Crippen molar-refractivity contribution in [3.05, 3.63) is 66.0 Å². The van der Waals surface area contributed by atoms with Crippen LogP contribution in [0.1, 0.15) is 24.4 Å². The summed E-state index contributed by atoms with van der Waals surface area (Å²) < 4.78 is 7.29.